The molecule has 0 radical (unpaired) electrons. The van der Waals surface area contributed by atoms with Gasteiger partial charge in [-0.2, -0.15) is 4.98 Å². The Balaban J connectivity index is 1.57. The van der Waals surface area contributed by atoms with Crippen LogP contribution in [0.3, 0.4) is 0 Å². The van der Waals surface area contributed by atoms with E-state index in [1.54, 1.807) is 18.6 Å². The van der Waals surface area contributed by atoms with Crippen LogP contribution in [0, 0.1) is 5.92 Å². The van der Waals surface area contributed by atoms with Crippen LogP contribution in [0.5, 0.6) is 0 Å². The molecule has 1 saturated carbocycles. The molecule has 0 saturated heterocycles. The van der Waals surface area contributed by atoms with E-state index in [1.807, 2.05) is 7.05 Å². The summed E-state index contributed by atoms with van der Waals surface area (Å²) in [6.45, 7) is 1.47. The first-order valence-electron chi connectivity index (χ1n) is 6.94. The van der Waals surface area contributed by atoms with Crippen molar-refractivity contribution < 1.29 is 14.0 Å². The van der Waals surface area contributed by atoms with Gasteiger partial charge in [0.25, 0.3) is 5.89 Å². The quantitative estimate of drug-likeness (QED) is 0.900. The highest BCUT2D eigenvalue weighted by Crippen LogP contribution is 2.26. The van der Waals surface area contributed by atoms with Gasteiger partial charge in [0.15, 0.2) is 5.82 Å². The highest BCUT2D eigenvalue weighted by atomic mass is 16.5. The first kappa shape index (κ1) is 13.3. The van der Waals surface area contributed by atoms with Gasteiger partial charge in [-0.1, -0.05) is 11.6 Å². The van der Waals surface area contributed by atoms with Gasteiger partial charge in [0.1, 0.15) is 6.26 Å². The standard InChI is InChI=1S/C14H19N3O3/c1-17(7-10-3-2-4-12(10)18)8-13-15-14(20-16-13)11-5-6-19-9-11/h5-6,9-10,12,18H,2-4,7-8H2,1H3. The van der Waals surface area contributed by atoms with Crippen LogP contribution in [0.25, 0.3) is 11.5 Å². The molecule has 1 fully saturated rings. The molecule has 1 aliphatic rings. The van der Waals surface area contributed by atoms with E-state index in [9.17, 15) is 5.11 Å². The smallest absolute Gasteiger partial charge is 0.261 e. The first-order valence-corrected chi connectivity index (χ1v) is 6.94. The van der Waals surface area contributed by atoms with E-state index in [0.717, 1.165) is 31.4 Å². The second kappa shape index (κ2) is 5.76. The number of hydrogen-bond acceptors (Lipinski definition) is 6. The Kier molecular flexibility index (Phi) is 3.84. The zero-order valence-corrected chi connectivity index (χ0v) is 11.5. The summed E-state index contributed by atoms with van der Waals surface area (Å²) in [7, 11) is 2.01. The molecular formula is C14H19N3O3. The van der Waals surface area contributed by atoms with Gasteiger partial charge in [-0.3, -0.25) is 4.90 Å². The highest BCUT2D eigenvalue weighted by molar-refractivity contribution is 5.49. The molecule has 2 heterocycles. The molecule has 2 aromatic rings. The zero-order valence-electron chi connectivity index (χ0n) is 11.5. The van der Waals surface area contributed by atoms with Gasteiger partial charge in [0.2, 0.25) is 0 Å². The minimum atomic E-state index is -0.163. The predicted molar refractivity (Wildman–Crippen MR) is 71.7 cm³/mol. The molecule has 1 aliphatic carbocycles. The highest BCUT2D eigenvalue weighted by Gasteiger charge is 2.26. The number of furan rings is 1. The molecule has 108 valence electrons. The van der Waals surface area contributed by atoms with Gasteiger partial charge in [0, 0.05) is 6.54 Å². The summed E-state index contributed by atoms with van der Waals surface area (Å²) >= 11 is 0. The molecule has 0 aromatic carbocycles. The fourth-order valence-electron chi connectivity index (χ4n) is 2.76. The summed E-state index contributed by atoms with van der Waals surface area (Å²) in [4.78, 5) is 6.47. The lowest BCUT2D eigenvalue weighted by molar-refractivity contribution is 0.107. The van der Waals surface area contributed by atoms with Crippen molar-refractivity contribution in [3.8, 4) is 11.5 Å². The predicted octanol–water partition coefficient (Wildman–Crippen LogP) is 1.92. The molecule has 0 amide bonds. The molecule has 6 heteroatoms. The first-order chi connectivity index (χ1) is 9.72. The Morgan fingerprint density at radius 3 is 3.05 bits per heavy atom. The number of nitrogens with zero attached hydrogens (tertiary/aromatic N) is 3. The van der Waals surface area contributed by atoms with Crippen molar-refractivity contribution in [1.82, 2.24) is 15.0 Å². The molecule has 3 rings (SSSR count). The third-order valence-corrected chi connectivity index (χ3v) is 3.81. The number of rotatable bonds is 5. The van der Waals surface area contributed by atoms with Crippen LogP contribution in [0.1, 0.15) is 25.1 Å². The molecule has 0 bridgehead atoms. The minimum absolute atomic E-state index is 0.163. The van der Waals surface area contributed by atoms with Crippen LogP contribution in [0.2, 0.25) is 0 Å². The Hall–Kier alpha value is -1.66. The molecular weight excluding hydrogens is 258 g/mol. The van der Waals surface area contributed by atoms with Crippen molar-refractivity contribution in [2.75, 3.05) is 13.6 Å². The van der Waals surface area contributed by atoms with Gasteiger partial charge < -0.3 is 14.0 Å². The second-order valence-corrected chi connectivity index (χ2v) is 5.48. The Morgan fingerprint density at radius 2 is 2.35 bits per heavy atom. The van der Waals surface area contributed by atoms with E-state index in [4.69, 9.17) is 8.94 Å². The molecule has 1 N–H and O–H groups in total. The topological polar surface area (TPSA) is 75.5 Å². The summed E-state index contributed by atoms with van der Waals surface area (Å²) in [5.74, 6) is 1.49. The molecule has 20 heavy (non-hydrogen) atoms. The van der Waals surface area contributed by atoms with E-state index in [0.29, 0.717) is 24.2 Å². The zero-order chi connectivity index (χ0) is 13.9. The maximum atomic E-state index is 9.85. The van der Waals surface area contributed by atoms with Crippen molar-refractivity contribution >= 4 is 0 Å². The molecule has 0 aliphatic heterocycles. The summed E-state index contributed by atoms with van der Waals surface area (Å²) in [6, 6.07) is 1.79. The third-order valence-electron chi connectivity index (χ3n) is 3.81. The summed E-state index contributed by atoms with van der Waals surface area (Å²) in [5.41, 5.74) is 0.789. The fourth-order valence-corrected chi connectivity index (χ4v) is 2.76. The molecule has 6 nitrogen and oxygen atoms in total. The summed E-state index contributed by atoms with van der Waals surface area (Å²) < 4.78 is 10.2. The van der Waals surface area contributed by atoms with Crippen molar-refractivity contribution in [3.05, 3.63) is 24.4 Å². The van der Waals surface area contributed by atoms with Crippen LogP contribution in [-0.2, 0) is 6.54 Å². The van der Waals surface area contributed by atoms with Gasteiger partial charge in [0.05, 0.1) is 24.5 Å². The number of aliphatic hydroxyl groups excluding tert-OH is 1. The van der Waals surface area contributed by atoms with Gasteiger partial charge in [-0.25, -0.2) is 0 Å². The Labute approximate surface area is 117 Å². The monoisotopic (exact) mass is 277 g/mol. The van der Waals surface area contributed by atoms with Crippen LogP contribution in [-0.4, -0.2) is 39.8 Å². The largest absolute Gasteiger partial charge is 0.472 e. The van der Waals surface area contributed by atoms with E-state index < -0.39 is 0 Å². The van der Waals surface area contributed by atoms with E-state index in [1.165, 1.54) is 0 Å². The molecule has 0 spiro atoms. The van der Waals surface area contributed by atoms with Crippen molar-refractivity contribution in [1.29, 1.82) is 0 Å². The molecule has 2 unspecified atom stereocenters. The maximum absolute atomic E-state index is 9.85. The molecule has 2 atom stereocenters. The average Bonchev–Trinajstić information content (AvgIpc) is 3.12. The number of aliphatic hydroxyl groups is 1. The Bertz CT molecular complexity index is 538. The Morgan fingerprint density at radius 1 is 1.45 bits per heavy atom. The second-order valence-electron chi connectivity index (χ2n) is 5.48. The van der Waals surface area contributed by atoms with E-state index >= 15 is 0 Å². The number of aromatic nitrogens is 2. The minimum Gasteiger partial charge on any atom is -0.472 e. The van der Waals surface area contributed by atoms with Crippen molar-refractivity contribution in [2.45, 2.75) is 31.9 Å². The van der Waals surface area contributed by atoms with Crippen LogP contribution < -0.4 is 0 Å². The van der Waals surface area contributed by atoms with Crippen molar-refractivity contribution in [3.63, 3.8) is 0 Å². The molecule has 2 aromatic heterocycles. The lowest BCUT2D eigenvalue weighted by Crippen LogP contribution is -2.29. The van der Waals surface area contributed by atoms with Crippen LogP contribution in [0.15, 0.2) is 27.5 Å². The van der Waals surface area contributed by atoms with Crippen LogP contribution in [0.4, 0.5) is 0 Å². The van der Waals surface area contributed by atoms with Crippen LogP contribution >= 0.6 is 0 Å². The van der Waals surface area contributed by atoms with Gasteiger partial charge in [-0.05, 0) is 31.9 Å². The van der Waals surface area contributed by atoms with Gasteiger partial charge >= 0.3 is 0 Å². The maximum Gasteiger partial charge on any atom is 0.261 e. The normalized spacial score (nSPS) is 22.8. The average molecular weight is 277 g/mol. The van der Waals surface area contributed by atoms with E-state index in [-0.39, 0.29) is 6.10 Å². The summed E-state index contributed by atoms with van der Waals surface area (Å²) in [5, 5.41) is 13.8. The lowest BCUT2D eigenvalue weighted by Gasteiger charge is -2.21. The number of hydrogen-bond donors (Lipinski definition) is 1. The third kappa shape index (κ3) is 2.91. The lowest BCUT2D eigenvalue weighted by atomic mass is 10.1. The fraction of sp³-hybridized carbons (Fsp3) is 0.571. The SMILES string of the molecule is CN(Cc1noc(-c2ccoc2)n1)CC1CCCC1O. The van der Waals surface area contributed by atoms with Gasteiger partial charge in [-0.15, -0.1) is 0 Å². The van der Waals surface area contributed by atoms with Crippen molar-refractivity contribution in [2.24, 2.45) is 5.92 Å². The van der Waals surface area contributed by atoms with E-state index in [2.05, 4.69) is 15.0 Å². The summed E-state index contributed by atoms with van der Waals surface area (Å²) in [6.07, 6.45) is 6.13.